The number of aryl methyl sites for hydroxylation is 1. The highest BCUT2D eigenvalue weighted by Gasteiger charge is 2.16. The van der Waals surface area contributed by atoms with Crippen LogP contribution in [0.25, 0.3) is 0 Å². The lowest BCUT2D eigenvalue weighted by atomic mass is 10.2. The molecule has 1 rings (SSSR count). The Labute approximate surface area is 99.9 Å². The second-order valence-electron chi connectivity index (χ2n) is 4.66. The molecule has 6 nitrogen and oxygen atoms in total. The number of aldehydes is 1. The fourth-order valence-corrected chi connectivity index (χ4v) is 1.22. The Hall–Kier alpha value is -1.85. The summed E-state index contributed by atoms with van der Waals surface area (Å²) in [5.74, 6) is 0. The molecular weight excluding hydrogens is 222 g/mol. The van der Waals surface area contributed by atoms with Gasteiger partial charge in [0, 0.05) is 7.05 Å². The monoisotopic (exact) mass is 239 g/mol. The van der Waals surface area contributed by atoms with Crippen molar-refractivity contribution < 1.29 is 14.3 Å². The summed E-state index contributed by atoms with van der Waals surface area (Å²) in [7, 11) is 1.67. The topological polar surface area (TPSA) is 73.2 Å². The van der Waals surface area contributed by atoms with Gasteiger partial charge in [0.25, 0.3) is 0 Å². The molecule has 0 saturated carbocycles. The van der Waals surface area contributed by atoms with E-state index in [0.29, 0.717) is 17.7 Å². The molecule has 0 aliphatic carbocycles. The number of rotatable bonds is 3. The van der Waals surface area contributed by atoms with Crippen LogP contribution in [0.1, 0.15) is 37.0 Å². The summed E-state index contributed by atoms with van der Waals surface area (Å²) >= 11 is 0. The number of hydrogen-bond donors (Lipinski definition) is 1. The van der Waals surface area contributed by atoms with Crippen LogP contribution in [0.4, 0.5) is 4.79 Å². The number of alkyl carbamates (subject to hydrolysis) is 1. The fraction of sp³-hybridized carbons (Fsp3) is 0.545. The highest BCUT2D eigenvalue weighted by atomic mass is 16.6. The Morgan fingerprint density at radius 2 is 2.24 bits per heavy atom. The first-order valence-corrected chi connectivity index (χ1v) is 5.27. The molecular formula is C11H17N3O3. The quantitative estimate of drug-likeness (QED) is 0.806. The van der Waals surface area contributed by atoms with Crippen molar-refractivity contribution in [3.05, 3.63) is 17.5 Å². The number of nitrogens with one attached hydrogen (secondary N) is 1. The maximum Gasteiger partial charge on any atom is 0.407 e. The smallest absolute Gasteiger partial charge is 0.407 e. The average molecular weight is 239 g/mol. The lowest BCUT2D eigenvalue weighted by molar-refractivity contribution is 0.0522. The van der Waals surface area contributed by atoms with Crippen LogP contribution in [-0.2, 0) is 18.3 Å². The van der Waals surface area contributed by atoms with Gasteiger partial charge in [-0.05, 0) is 26.8 Å². The number of ether oxygens (including phenoxy) is 1. The zero-order chi connectivity index (χ0) is 13.1. The molecule has 0 fully saturated rings. The molecule has 0 aromatic carbocycles. The fourth-order valence-electron chi connectivity index (χ4n) is 1.22. The summed E-state index contributed by atoms with van der Waals surface area (Å²) in [4.78, 5) is 21.9. The minimum absolute atomic E-state index is 0.233. The maximum atomic E-state index is 11.4. The van der Waals surface area contributed by atoms with Crippen LogP contribution >= 0.6 is 0 Å². The van der Waals surface area contributed by atoms with Gasteiger partial charge in [0.1, 0.15) is 11.3 Å². The summed E-state index contributed by atoms with van der Waals surface area (Å²) in [5.41, 5.74) is 0.550. The van der Waals surface area contributed by atoms with Gasteiger partial charge in [0.15, 0.2) is 6.29 Å². The molecule has 1 N–H and O–H groups in total. The molecule has 94 valence electrons. The zero-order valence-electron chi connectivity index (χ0n) is 10.5. The van der Waals surface area contributed by atoms with E-state index in [4.69, 9.17) is 4.74 Å². The van der Waals surface area contributed by atoms with Gasteiger partial charge in [-0.3, -0.25) is 9.48 Å². The van der Waals surface area contributed by atoms with Crippen LogP contribution in [0, 0.1) is 0 Å². The van der Waals surface area contributed by atoms with Crippen molar-refractivity contribution in [2.75, 3.05) is 0 Å². The van der Waals surface area contributed by atoms with E-state index in [1.807, 2.05) is 0 Å². The molecule has 0 unspecified atom stereocenters. The third kappa shape index (κ3) is 4.26. The second-order valence-corrected chi connectivity index (χ2v) is 4.66. The number of nitrogens with zero attached hydrogens (tertiary/aromatic N) is 2. The van der Waals surface area contributed by atoms with Crippen LogP contribution in [0.15, 0.2) is 6.07 Å². The van der Waals surface area contributed by atoms with Crippen molar-refractivity contribution in [1.29, 1.82) is 0 Å². The summed E-state index contributed by atoms with van der Waals surface area (Å²) in [6, 6.07) is 1.62. The first kappa shape index (κ1) is 13.2. The summed E-state index contributed by atoms with van der Waals surface area (Å²) < 4.78 is 6.53. The average Bonchev–Trinajstić information content (AvgIpc) is 2.53. The molecule has 0 bridgehead atoms. The first-order valence-electron chi connectivity index (χ1n) is 5.27. The van der Waals surface area contributed by atoms with Gasteiger partial charge < -0.3 is 10.1 Å². The van der Waals surface area contributed by atoms with E-state index in [9.17, 15) is 9.59 Å². The van der Waals surface area contributed by atoms with Crippen LogP contribution in [0.3, 0.4) is 0 Å². The molecule has 1 heterocycles. The van der Waals surface area contributed by atoms with Gasteiger partial charge in [0.2, 0.25) is 0 Å². The zero-order valence-corrected chi connectivity index (χ0v) is 10.5. The van der Waals surface area contributed by atoms with Crippen molar-refractivity contribution in [3.63, 3.8) is 0 Å². The van der Waals surface area contributed by atoms with Crippen LogP contribution in [-0.4, -0.2) is 27.8 Å². The van der Waals surface area contributed by atoms with Crippen molar-refractivity contribution >= 4 is 12.4 Å². The number of aromatic nitrogens is 2. The summed E-state index contributed by atoms with van der Waals surface area (Å²) in [6.07, 6.45) is 0.208. The van der Waals surface area contributed by atoms with Crippen LogP contribution in [0.5, 0.6) is 0 Å². The Balaban J connectivity index is 2.50. The largest absolute Gasteiger partial charge is 0.444 e. The summed E-state index contributed by atoms with van der Waals surface area (Å²) in [5, 5.41) is 6.63. The third-order valence-corrected chi connectivity index (χ3v) is 1.90. The molecule has 0 spiro atoms. The molecule has 17 heavy (non-hydrogen) atoms. The Morgan fingerprint density at radius 3 is 2.71 bits per heavy atom. The predicted molar refractivity (Wildman–Crippen MR) is 61.7 cm³/mol. The van der Waals surface area contributed by atoms with E-state index in [2.05, 4.69) is 10.4 Å². The van der Waals surface area contributed by atoms with Crippen molar-refractivity contribution in [1.82, 2.24) is 15.1 Å². The molecule has 1 aromatic rings. The summed E-state index contributed by atoms with van der Waals surface area (Å²) in [6.45, 7) is 5.60. The second kappa shape index (κ2) is 4.99. The Bertz CT molecular complexity index is 418. The van der Waals surface area contributed by atoms with Gasteiger partial charge in [-0.1, -0.05) is 0 Å². The molecule has 1 aromatic heterocycles. The number of carbonyl (C=O) groups excluding carboxylic acids is 2. The normalized spacial score (nSPS) is 11.1. The van der Waals surface area contributed by atoms with E-state index >= 15 is 0 Å². The molecule has 0 atom stereocenters. The van der Waals surface area contributed by atoms with E-state index < -0.39 is 11.7 Å². The van der Waals surface area contributed by atoms with Crippen molar-refractivity contribution in [3.8, 4) is 0 Å². The van der Waals surface area contributed by atoms with Crippen molar-refractivity contribution in [2.24, 2.45) is 7.05 Å². The van der Waals surface area contributed by atoms with E-state index in [1.54, 1.807) is 33.9 Å². The van der Waals surface area contributed by atoms with E-state index in [-0.39, 0.29) is 6.54 Å². The third-order valence-electron chi connectivity index (χ3n) is 1.90. The maximum absolute atomic E-state index is 11.4. The van der Waals surface area contributed by atoms with Crippen LogP contribution in [0.2, 0.25) is 0 Å². The van der Waals surface area contributed by atoms with Gasteiger partial charge in [-0.25, -0.2) is 4.79 Å². The lowest BCUT2D eigenvalue weighted by Crippen LogP contribution is -2.32. The minimum atomic E-state index is -0.526. The SMILES string of the molecule is Cn1nc(CNC(=O)OC(C)(C)C)cc1C=O. The molecule has 1 amide bonds. The molecule has 0 radical (unpaired) electrons. The van der Waals surface area contributed by atoms with Crippen molar-refractivity contribution in [2.45, 2.75) is 32.9 Å². The Kier molecular flexibility index (Phi) is 3.88. The number of carbonyl (C=O) groups is 2. The molecule has 0 saturated heterocycles. The Morgan fingerprint density at radius 1 is 1.59 bits per heavy atom. The first-order chi connectivity index (χ1) is 7.81. The van der Waals surface area contributed by atoms with Crippen LogP contribution < -0.4 is 5.32 Å². The van der Waals surface area contributed by atoms with Gasteiger partial charge >= 0.3 is 6.09 Å². The number of hydrogen-bond acceptors (Lipinski definition) is 4. The highest BCUT2D eigenvalue weighted by molar-refractivity contribution is 5.72. The van der Waals surface area contributed by atoms with Gasteiger partial charge in [-0.15, -0.1) is 0 Å². The minimum Gasteiger partial charge on any atom is -0.444 e. The van der Waals surface area contributed by atoms with Gasteiger partial charge in [-0.2, -0.15) is 5.10 Å². The number of amides is 1. The predicted octanol–water partition coefficient (Wildman–Crippen LogP) is 1.26. The van der Waals surface area contributed by atoms with E-state index in [1.165, 1.54) is 4.68 Å². The standard InChI is InChI=1S/C11H17N3O3/c1-11(2,3)17-10(16)12-6-8-5-9(7-15)14(4)13-8/h5,7H,6H2,1-4H3,(H,12,16). The molecule has 0 aliphatic heterocycles. The molecule has 6 heteroatoms. The molecule has 0 aliphatic rings. The highest BCUT2D eigenvalue weighted by Crippen LogP contribution is 2.07. The van der Waals surface area contributed by atoms with Gasteiger partial charge in [0.05, 0.1) is 12.2 Å². The lowest BCUT2D eigenvalue weighted by Gasteiger charge is -2.19. The van der Waals surface area contributed by atoms with E-state index in [0.717, 1.165) is 0 Å².